The first-order chi connectivity index (χ1) is 16.8. The molecule has 35 heavy (non-hydrogen) atoms. The molecule has 2 aromatic carbocycles. The average molecular weight is 495 g/mol. The smallest absolute Gasteiger partial charge is 0.303 e. The van der Waals surface area contributed by atoms with Gasteiger partial charge in [-0.15, -0.1) is 0 Å². The highest BCUT2D eigenvalue weighted by Gasteiger charge is 2.35. The van der Waals surface area contributed by atoms with Crippen molar-refractivity contribution in [2.45, 2.75) is 71.1 Å². The van der Waals surface area contributed by atoms with Gasteiger partial charge in [-0.3, -0.25) is 4.79 Å². The van der Waals surface area contributed by atoms with Crippen LogP contribution in [0.15, 0.2) is 47.0 Å². The van der Waals surface area contributed by atoms with Gasteiger partial charge in [0.05, 0.1) is 16.4 Å². The molecule has 5 nitrogen and oxygen atoms in total. The van der Waals surface area contributed by atoms with Crippen LogP contribution in [0.2, 0.25) is 5.02 Å². The number of carbonyl (C=O) groups is 1. The zero-order chi connectivity index (χ0) is 24.9. The first-order valence-electron chi connectivity index (χ1n) is 12.6. The monoisotopic (exact) mass is 494 g/mol. The van der Waals surface area contributed by atoms with Crippen molar-refractivity contribution in [2.24, 2.45) is 5.92 Å². The molecule has 3 aromatic rings. The molecule has 0 aliphatic heterocycles. The molecule has 0 saturated heterocycles. The Morgan fingerprint density at radius 2 is 1.91 bits per heavy atom. The summed E-state index contributed by atoms with van der Waals surface area (Å²) in [6.45, 7) is 7.13. The summed E-state index contributed by atoms with van der Waals surface area (Å²) < 4.78 is 5.95. The molecule has 1 unspecified atom stereocenters. The van der Waals surface area contributed by atoms with Crippen molar-refractivity contribution in [3.05, 3.63) is 69.9 Å². The highest BCUT2D eigenvalue weighted by atomic mass is 35.5. The van der Waals surface area contributed by atoms with Crippen molar-refractivity contribution in [3.63, 3.8) is 0 Å². The summed E-state index contributed by atoms with van der Waals surface area (Å²) in [5.41, 5.74) is 6.45. The Hall–Kier alpha value is -2.79. The van der Waals surface area contributed by atoms with Crippen LogP contribution in [0.1, 0.15) is 80.2 Å². The van der Waals surface area contributed by atoms with E-state index in [0.717, 1.165) is 54.0 Å². The van der Waals surface area contributed by atoms with Gasteiger partial charge in [-0.1, -0.05) is 60.9 Å². The number of nitrogens with one attached hydrogen (secondary N) is 1. The summed E-state index contributed by atoms with van der Waals surface area (Å²) in [5, 5.41) is 18.0. The highest BCUT2D eigenvalue weighted by Crippen LogP contribution is 2.48. The zero-order valence-corrected chi connectivity index (χ0v) is 21.6. The molecule has 1 saturated carbocycles. The molecule has 1 aliphatic carbocycles. The molecule has 1 heterocycles. The maximum Gasteiger partial charge on any atom is 0.303 e. The van der Waals surface area contributed by atoms with Crippen LogP contribution in [0, 0.1) is 12.8 Å². The van der Waals surface area contributed by atoms with Crippen molar-refractivity contribution >= 4 is 23.3 Å². The van der Waals surface area contributed by atoms with E-state index in [0.29, 0.717) is 29.8 Å². The number of benzene rings is 2. The maximum atomic E-state index is 11.4. The maximum absolute atomic E-state index is 11.4. The van der Waals surface area contributed by atoms with Crippen molar-refractivity contribution in [2.75, 3.05) is 11.9 Å². The van der Waals surface area contributed by atoms with Gasteiger partial charge in [0.25, 0.3) is 0 Å². The van der Waals surface area contributed by atoms with Crippen LogP contribution < -0.4 is 5.32 Å². The van der Waals surface area contributed by atoms with E-state index in [-0.39, 0.29) is 12.3 Å². The summed E-state index contributed by atoms with van der Waals surface area (Å²) in [5.74, 6) is 1.10. The number of nitrogens with zero attached hydrogens (tertiary/aromatic N) is 1. The minimum Gasteiger partial charge on any atom is -0.481 e. The minimum absolute atomic E-state index is 0.00358. The lowest BCUT2D eigenvalue weighted by Crippen LogP contribution is -2.12. The highest BCUT2D eigenvalue weighted by molar-refractivity contribution is 6.33. The van der Waals surface area contributed by atoms with E-state index in [4.69, 9.17) is 16.1 Å². The fourth-order valence-electron chi connectivity index (χ4n) is 4.70. The van der Waals surface area contributed by atoms with E-state index < -0.39 is 5.97 Å². The molecule has 1 aliphatic rings. The largest absolute Gasteiger partial charge is 0.481 e. The summed E-state index contributed by atoms with van der Waals surface area (Å²) >= 11 is 6.38. The Bertz CT molecular complexity index is 1150. The van der Waals surface area contributed by atoms with Gasteiger partial charge in [0.15, 0.2) is 5.76 Å². The minimum atomic E-state index is -0.790. The molecule has 0 amide bonds. The number of aliphatic carboxylic acids is 1. The van der Waals surface area contributed by atoms with Crippen LogP contribution in [-0.2, 0) is 11.2 Å². The normalized spacial score (nSPS) is 14.3. The fraction of sp³-hybridized carbons (Fsp3) is 0.448. The van der Waals surface area contributed by atoms with Gasteiger partial charge in [0, 0.05) is 30.0 Å². The second kappa shape index (κ2) is 11.3. The van der Waals surface area contributed by atoms with E-state index in [2.05, 4.69) is 48.6 Å². The molecule has 0 bridgehead atoms. The summed E-state index contributed by atoms with van der Waals surface area (Å²) in [6.07, 6.45) is 4.66. The topological polar surface area (TPSA) is 75.4 Å². The predicted octanol–water partition coefficient (Wildman–Crippen LogP) is 7.83. The average Bonchev–Trinajstić information content (AvgIpc) is 3.55. The molecule has 1 atom stereocenters. The van der Waals surface area contributed by atoms with E-state index >= 15 is 0 Å². The second-order valence-electron chi connectivity index (χ2n) is 10.2. The van der Waals surface area contributed by atoms with Crippen LogP contribution in [0.25, 0.3) is 11.3 Å². The molecule has 4 rings (SSSR count). The summed E-state index contributed by atoms with van der Waals surface area (Å²) in [4.78, 5) is 11.4. The standard InChI is InChI=1S/C29H35ClN2O3/c1-18(2)16-20-5-7-23(8-6-20)29-27(21-9-10-21)28(32-35-29)22(11-13-26(33)34)14-15-31-25-12-4-19(3)17-24(25)30/h4-8,12,17-18,21-22,31H,9-11,13-16H2,1-3H3,(H,33,34). The molecule has 2 N–H and O–H groups in total. The van der Waals surface area contributed by atoms with Gasteiger partial charge in [0.1, 0.15) is 0 Å². The lowest BCUT2D eigenvalue weighted by Gasteiger charge is -2.17. The van der Waals surface area contributed by atoms with E-state index in [9.17, 15) is 9.90 Å². The number of aromatic nitrogens is 1. The number of anilines is 1. The SMILES string of the molecule is Cc1ccc(NCCC(CCC(=O)O)c2noc(-c3ccc(CC(C)C)cc3)c2C2CC2)c(Cl)c1. The summed E-state index contributed by atoms with van der Waals surface area (Å²) in [6, 6.07) is 14.5. The molecule has 6 heteroatoms. The Balaban J connectivity index is 1.55. The van der Waals surface area contributed by atoms with Crippen molar-refractivity contribution in [1.29, 1.82) is 0 Å². The van der Waals surface area contributed by atoms with Gasteiger partial charge in [0.2, 0.25) is 0 Å². The molecule has 1 aromatic heterocycles. The molecule has 0 spiro atoms. The van der Waals surface area contributed by atoms with Crippen LogP contribution >= 0.6 is 11.6 Å². The van der Waals surface area contributed by atoms with Crippen molar-refractivity contribution < 1.29 is 14.4 Å². The van der Waals surface area contributed by atoms with Crippen LogP contribution in [-0.4, -0.2) is 22.8 Å². The zero-order valence-electron chi connectivity index (χ0n) is 20.8. The third-order valence-electron chi connectivity index (χ3n) is 6.63. The first kappa shape index (κ1) is 25.3. The first-order valence-corrected chi connectivity index (χ1v) is 13.0. The number of halogens is 1. The number of hydrogen-bond acceptors (Lipinski definition) is 4. The Labute approximate surface area is 212 Å². The molecule has 1 fully saturated rings. The predicted molar refractivity (Wildman–Crippen MR) is 141 cm³/mol. The number of aryl methyl sites for hydroxylation is 1. The summed E-state index contributed by atoms with van der Waals surface area (Å²) in [7, 11) is 0. The van der Waals surface area contributed by atoms with Gasteiger partial charge >= 0.3 is 5.97 Å². The molecule has 186 valence electrons. The van der Waals surface area contributed by atoms with Crippen LogP contribution in [0.3, 0.4) is 0 Å². The van der Waals surface area contributed by atoms with Gasteiger partial charge in [-0.05, 0) is 74.1 Å². The Morgan fingerprint density at radius 3 is 2.54 bits per heavy atom. The van der Waals surface area contributed by atoms with E-state index in [1.165, 1.54) is 11.1 Å². The molecular formula is C29H35ClN2O3. The van der Waals surface area contributed by atoms with Crippen molar-refractivity contribution in [3.8, 4) is 11.3 Å². The Morgan fingerprint density at radius 1 is 1.17 bits per heavy atom. The third kappa shape index (κ3) is 6.66. The van der Waals surface area contributed by atoms with Gasteiger partial charge < -0.3 is 14.9 Å². The number of carboxylic acids is 1. The van der Waals surface area contributed by atoms with E-state index in [1.807, 2.05) is 25.1 Å². The molecule has 0 radical (unpaired) electrons. The number of hydrogen-bond donors (Lipinski definition) is 2. The molecular weight excluding hydrogens is 460 g/mol. The lowest BCUT2D eigenvalue weighted by molar-refractivity contribution is -0.137. The fourth-order valence-corrected chi connectivity index (χ4v) is 5.00. The quantitative estimate of drug-likeness (QED) is 0.268. The van der Waals surface area contributed by atoms with Crippen LogP contribution in [0.4, 0.5) is 5.69 Å². The Kier molecular flexibility index (Phi) is 8.17. The van der Waals surface area contributed by atoms with Crippen molar-refractivity contribution in [1.82, 2.24) is 5.16 Å². The van der Waals surface area contributed by atoms with Gasteiger partial charge in [-0.2, -0.15) is 0 Å². The third-order valence-corrected chi connectivity index (χ3v) is 6.94. The lowest BCUT2D eigenvalue weighted by atomic mass is 9.89. The number of rotatable bonds is 12. The number of carboxylic acid groups (broad SMARTS) is 1. The van der Waals surface area contributed by atoms with Gasteiger partial charge in [-0.25, -0.2) is 0 Å². The second-order valence-corrected chi connectivity index (χ2v) is 10.6. The van der Waals surface area contributed by atoms with E-state index in [1.54, 1.807) is 0 Å². The van der Waals surface area contributed by atoms with Crippen LogP contribution in [0.5, 0.6) is 0 Å².